The molecule has 0 radical (unpaired) electrons. The highest BCUT2D eigenvalue weighted by molar-refractivity contribution is 5.61. The first kappa shape index (κ1) is 7.87. The van der Waals surface area contributed by atoms with Gasteiger partial charge in [-0.3, -0.25) is 0 Å². The van der Waals surface area contributed by atoms with E-state index in [1.54, 1.807) is 4.68 Å². The van der Waals surface area contributed by atoms with Gasteiger partial charge in [-0.2, -0.15) is 5.10 Å². The third kappa shape index (κ3) is 1.14. The summed E-state index contributed by atoms with van der Waals surface area (Å²) in [6.45, 7) is 2.41. The van der Waals surface area contributed by atoms with E-state index >= 15 is 0 Å². The number of aliphatic hydroxyl groups excluding tert-OH is 1. The second-order valence-corrected chi connectivity index (χ2v) is 2.22. The number of aliphatic hydroxyl groups is 1. The second-order valence-electron chi connectivity index (χ2n) is 2.22. The van der Waals surface area contributed by atoms with Crippen molar-refractivity contribution < 1.29 is 5.11 Å². The maximum atomic E-state index is 8.74. The maximum absolute atomic E-state index is 8.74. The smallest absolute Gasteiger partial charge is 0.145 e. The molecule has 0 amide bonds. The fraction of sp³-hybridized carbons (Fsp3) is 0.500. The first-order valence-corrected chi connectivity index (χ1v) is 3.42. The Morgan fingerprint density at radius 3 is 2.45 bits per heavy atom. The summed E-state index contributed by atoms with van der Waals surface area (Å²) in [5.41, 5.74) is 11.9. The van der Waals surface area contributed by atoms with Gasteiger partial charge in [-0.05, 0) is 6.92 Å². The first-order chi connectivity index (χ1) is 5.20. The SMILES string of the molecule is CCn1nc(CO)c(N)c1N. The Labute approximate surface area is 64.6 Å². The van der Waals surface area contributed by atoms with Gasteiger partial charge in [-0.15, -0.1) is 0 Å². The van der Waals surface area contributed by atoms with Crippen molar-refractivity contribution in [1.29, 1.82) is 0 Å². The summed E-state index contributed by atoms with van der Waals surface area (Å²) in [6.07, 6.45) is 0. The van der Waals surface area contributed by atoms with E-state index in [0.717, 1.165) is 0 Å². The van der Waals surface area contributed by atoms with Crippen molar-refractivity contribution in [2.24, 2.45) is 0 Å². The molecule has 1 aromatic heterocycles. The molecular weight excluding hydrogens is 144 g/mol. The summed E-state index contributed by atoms with van der Waals surface area (Å²) in [7, 11) is 0. The van der Waals surface area contributed by atoms with Gasteiger partial charge in [0, 0.05) is 6.54 Å². The van der Waals surface area contributed by atoms with Crippen LogP contribution in [0, 0.1) is 0 Å². The number of nitrogens with zero attached hydrogens (tertiary/aromatic N) is 2. The first-order valence-electron chi connectivity index (χ1n) is 3.42. The molecule has 0 unspecified atom stereocenters. The van der Waals surface area contributed by atoms with E-state index in [1.165, 1.54) is 0 Å². The predicted molar refractivity (Wildman–Crippen MR) is 42.6 cm³/mol. The summed E-state index contributed by atoms with van der Waals surface area (Å²) in [5, 5.41) is 12.7. The number of hydrogen-bond donors (Lipinski definition) is 3. The molecule has 1 aromatic rings. The summed E-state index contributed by atoms with van der Waals surface area (Å²) in [5.74, 6) is 0.427. The lowest BCUT2D eigenvalue weighted by Gasteiger charge is -1.96. The highest BCUT2D eigenvalue weighted by Gasteiger charge is 2.09. The molecule has 1 rings (SSSR count). The molecule has 62 valence electrons. The molecule has 0 aliphatic rings. The topological polar surface area (TPSA) is 90.1 Å². The van der Waals surface area contributed by atoms with Gasteiger partial charge < -0.3 is 16.6 Å². The van der Waals surface area contributed by atoms with E-state index in [9.17, 15) is 0 Å². The molecule has 1 heterocycles. The van der Waals surface area contributed by atoms with Crippen molar-refractivity contribution in [2.75, 3.05) is 11.5 Å². The summed E-state index contributed by atoms with van der Waals surface area (Å²) in [4.78, 5) is 0. The van der Waals surface area contributed by atoms with Gasteiger partial charge in [-0.25, -0.2) is 4.68 Å². The third-order valence-electron chi connectivity index (χ3n) is 1.56. The Balaban J connectivity index is 3.12. The number of nitrogens with two attached hydrogens (primary N) is 2. The highest BCUT2D eigenvalue weighted by Crippen LogP contribution is 2.18. The fourth-order valence-corrected chi connectivity index (χ4v) is 0.898. The van der Waals surface area contributed by atoms with Gasteiger partial charge in [0.2, 0.25) is 0 Å². The largest absolute Gasteiger partial charge is 0.394 e. The van der Waals surface area contributed by atoms with Crippen LogP contribution in [0.1, 0.15) is 12.6 Å². The molecule has 5 heteroatoms. The minimum absolute atomic E-state index is 0.164. The normalized spacial score (nSPS) is 10.4. The van der Waals surface area contributed by atoms with E-state index in [0.29, 0.717) is 23.7 Å². The lowest BCUT2D eigenvalue weighted by atomic mass is 10.4. The number of aryl methyl sites for hydroxylation is 1. The minimum Gasteiger partial charge on any atom is -0.394 e. The Kier molecular flexibility index (Phi) is 2.00. The lowest BCUT2D eigenvalue weighted by Crippen LogP contribution is -2.02. The Hall–Kier alpha value is -1.23. The standard InChI is InChI=1S/C6H12N4O/c1-2-10-6(8)5(7)4(3-11)9-10/h11H,2-3,7-8H2,1H3. The summed E-state index contributed by atoms with van der Waals surface area (Å²) < 4.78 is 1.56. The van der Waals surface area contributed by atoms with Crippen LogP contribution in [0.5, 0.6) is 0 Å². The summed E-state index contributed by atoms with van der Waals surface area (Å²) in [6, 6.07) is 0. The number of aromatic nitrogens is 2. The molecule has 0 aliphatic carbocycles. The molecule has 0 bridgehead atoms. The third-order valence-corrected chi connectivity index (χ3v) is 1.56. The average molecular weight is 156 g/mol. The molecule has 0 aliphatic heterocycles. The van der Waals surface area contributed by atoms with Crippen LogP contribution in [0.4, 0.5) is 11.5 Å². The molecule has 0 spiro atoms. The van der Waals surface area contributed by atoms with Gasteiger partial charge in [0.1, 0.15) is 17.2 Å². The molecular formula is C6H12N4O. The van der Waals surface area contributed by atoms with Gasteiger partial charge in [0.05, 0.1) is 6.61 Å². The maximum Gasteiger partial charge on any atom is 0.145 e. The molecule has 0 saturated carbocycles. The predicted octanol–water partition coefficient (Wildman–Crippen LogP) is -0.440. The van der Waals surface area contributed by atoms with Crippen LogP contribution in [0.15, 0.2) is 0 Å². The molecule has 0 fully saturated rings. The van der Waals surface area contributed by atoms with Crippen molar-refractivity contribution in [3.05, 3.63) is 5.69 Å². The van der Waals surface area contributed by atoms with Crippen molar-refractivity contribution in [3.8, 4) is 0 Å². The van der Waals surface area contributed by atoms with Crippen LogP contribution in [0.3, 0.4) is 0 Å². The van der Waals surface area contributed by atoms with E-state index < -0.39 is 0 Å². The van der Waals surface area contributed by atoms with E-state index in [4.69, 9.17) is 16.6 Å². The Morgan fingerprint density at radius 2 is 2.18 bits per heavy atom. The zero-order valence-corrected chi connectivity index (χ0v) is 6.41. The lowest BCUT2D eigenvalue weighted by molar-refractivity contribution is 0.276. The number of nitrogen functional groups attached to an aromatic ring is 2. The monoisotopic (exact) mass is 156 g/mol. The molecule has 5 nitrogen and oxygen atoms in total. The Bertz CT molecular complexity index is 231. The zero-order valence-electron chi connectivity index (χ0n) is 6.41. The molecule has 0 saturated heterocycles. The molecule has 5 N–H and O–H groups in total. The van der Waals surface area contributed by atoms with Crippen molar-refractivity contribution in [1.82, 2.24) is 9.78 Å². The summed E-state index contributed by atoms with van der Waals surface area (Å²) >= 11 is 0. The van der Waals surface area contributed by atoms with Crippen LogP contribution in [0.2, 0.25) is 0 Å². The second kappa shape index (κ2) is 2.79. The Morgan fingerprint density at radius 1 is 1.55 bits per heavy atom. The molecule has 0 atom stereocenters. The van der Waals surface area contributed by atoms with Crippen LogP contribution in [0.25, 0.3) is 0 Å². The van der Waals surface area contributed by atoms with Crippen LogP contribution >= 0.6 is 0 Å². The highest BCUT2D eigenvalue weighted by atomic mass is 16.3. The van der Waals surface area contributed by atoms with Crippen LogP contribution in [-0.4, -0.2) is 14.9 Å². The number of anilines is 2. The van der Waals surface area contributed by atoms with E-state index in [-0.39, 0.29) is 6.61 Å². The van der Waals surface area contributed by atoms with Gasteiger partial charge in [0.15, 0.2) is 0 Å². The van der Waals surface area contributed by atoms with Gasteiger partial charge >= 0.3 is 0 Å². The van der Waals surface area contributed by atoms with Crippen LogP contribution in [-0.2, 0) is 13.2 Å². The zero-order chi connectivity index (χ0) is 8.43. The van der Waals surface area contributed by atoms with Crippen LogP contribution < -0.4 is 11.5 Å². The minimum atomic E-state index is -0.164. The number of rotatable bonds is 2. The average Bonchev–Trinajstić information content (AvgIpc) is 2.30. The van der Waals surface area contributed by atoms with Crippen molar-refractivity contribution >= 4 is 11.5 Å². The van der Waals surface area contributed by atoms with Gasteiger partial charge in [0.25, 0.3) is 0 Å². The molecule has 11 heavy (non-hydrogen) atoms. The van der Waals surface area contributed by atoms with E-state index in [1.807, 2.05) is 6.92 Å². The number of hydrogen-bond acceptors (Lipinski definition) is 4. The van der Waals surface area contributed by atoms with Crippen molar-refractivity contribution in [2.45, 2.75) is 20.1 Å². The van der Waals surface area contributed by atoms with Gasteiger partial charge in [-0.1, -0.05) is 0 Å². The van der Waals surface area contributed by atoms with E-state index in [2.05, 4.69) is 5.10 Å². The fourth-order valence-electron chi connectivity index (χ4n) is 0.898. The molecule has 0 aromatic carbocycles. The quantitative estimate of drug-likeness (QED) is 0.541. The van der Waals surface area contributed by atoms with Crippen molar-refractivity contribution in [3.63, 3.8) is 0 Å².